The van der Waals surface area contributed by atoms with Crippen LogP contribution < -0.4 is 4.90 Å². The molecule has 0 saturated carbocycles. The summed E-state index contributed by atoms with van der Waals surface area (Å²) >= 11 is 1.47. The van der Waals surface area contributed by atoms with Gasteiger partial charge in [-0.2, -0.15) is 0 Å². The van der Waals surface area contributed by atoms with Gasteiger partial charge < -0.3 is 4.42 Å². The largest absolute Gasteiger partial charge is 0.467 e. The summed E-state index contributed by atoms with van der Waals surface area (Å²) in [6.07, 6.45) is 1.57. The van der Waals surface area contributed by atoms with Crippen molar-refractivity contribution in [3.05, 3.63) is 83.1 Å². The van der Waals surface area contributed by atoms with E-state index in [-0.39, 0.29) is 18.3 Å². The van der Waals surface area contributed by atoms with Crippen LogP contribution in [0.1, 0.15) is 27.2 Å². The molecule has 0 bridgehead atoms. The maximum atomic E-state index is 13.3. The average molecular weight is 380 g/mol. The van der Waals surface area contributed by atoms with Crippen LogP contribution in [-0.2, 0) is 6.54 Å². The Morgan fingerprint density at radius 1 is 1.11 bits per heavy atom. The summed E-state index contributed by atoms with van der Waals surface area (Å²) in [6, 6.07) is 13.2. The van der Waals surface area contributed by atoms with Gasteiger partial charge in [0, 0.05) is 5.56 Å². The summed E-state index contributed by atoms with van der Waals surface area (Å²) in [5.74, 6) is 0.0225. The van der Waals surface area contributed by atoms with Gasteiger partial charge in [0.15, 0.2) is 5.13 Å². The highest BCUT2D eigenvalue weighted by Crippen LogP contribution is 2.34. The van der Waals surface area contributed by atoms with Gasteiger partial charge in [-0.05, 0) is 61.4 Å². The van der Waals surface area contributed by atoms with E-state index in [0.29, 0.717) is 16.5 Å². The Labute approximate surface area is 159 Å². The number of fused-ring (bicyclic) bond motifs is 1. The highest BCUT2D eigenvalue weighted by atomic mass is 32.1. The first-order valence-corrected chi connectivity index (χ1v) is 9.31. The van der Waals surface area contributed by atoms with Gasteiger partial charge in [-0.3, -0.25) is 9.69 Å². The Balaban J connectivity index is 1.80. The lowest BCUT2D eigenvalue weighted by molar-refractivity contribution is 0.0983. The van der Waals surface area contributed by atoms with Crippen LogP contribution >= 0.6 is 11.3 Å². The Bertz CT molecular complexity index is 1060. The number of rotatable bonds is 4. The fraction of sp³-hybridized carbons (Fsp3) is 0.143. The smallest absolute Gasteiger partial charge is 0.260 e. The molecule has 1 amide bonds. The fourth-order valence-corrected chi connectivity index (χ4v) is 4.01. The Morgan fingerprint density at radius 2 is 1.85 bits per heavy atom. The molecule has 0 aliphatic heterocycles. The van der Waals surface area contributed by atoms with Crippen molar-refractivity contribution in [3.8, 4) is 0 Å². The van der Waals surface area contributed by atoms with Gasteiger partial charge in [-0.15, -0.1) is 0 Å². The monoisotopic (exact) mass is 380 g/mol. The molecule has 0 radical (unpaired) electrons. The first kappa shape index (κ1) is 17.4. The number of carbonyl (C=O) groups excluding carboxylic acids is 1. The van der Waals surface area contributed by atoms with Crippen molar-refractivity contribution in [2.24, 2.45) is 0 Å². The van der Waals surface area contributed by atoms with Crippen LogP contribution in [0, 0.1) is 19.7 Å². The molecule has 0 atom stereocenters. The molecule has 136 valence electrons. The zero-order valence-electron chi connectivity index (χ0n) is 14.9. The first-order valence-electron chi connectivity index (χ1n) is 8.49. The third-order valence-electron chi connectivity index (χ3n) is 4.39. The van der Waals surface area contributed by atoms with E-state index < -0.39 is 0 Å². The number of aryl methyl sites for hydroxylation is 2. The van der Waals surface area contributed by atoms with Crippen molar-refractivity contribution in [2.45, 2.75) is 20.4 Å². The Kier molecular flexibility index (Phi) is 4.49. The van der Waals surface area contributed by atoms with Crippen LogP contribution in [0.3, 0.4) is 0 Å². The van der Waals surface area contributed by atoms with Crippen LogP contribution in [0.2, 0.25) is 0 Å². The van der Waals surface area contributed by atoms with E-state index in [0.717, 1.165) is 21.3 Å². The number of amides is 1. The highest BCUT2D eigenvalue weighted by molar-refractivity contribution is 7.22. The number of halogens is 1. The molecule has 2 aromatic carbocycles. The van der Waals surface area contributed by atoms with Crippen molar-refractivity contribution in [2.75, 3.05) is 4.90 Å². The second-order valence-corrected chi connectivity index (χ2v) is 7.33. The highest BCUT2D eigenvalue weighted by Gasteiger charge is 2.23. The lowest BCUT2D eigenvalue weighted by Gasteiger charge is -2.18. The molecular weight excluding hydrogens is 363 g/mol. The van der Waals surface area contributed by atoms with Crippen molar-refractivity contribution in [1.29, 1.82) is 0 Å². The second kappa shape index (κ2) is 6.96. The summed E-state index contributed by atoms with van der Waals surface area (Å²) in [7, 11) is 0. The van der Waals surface area contributed by atoms with E-state index in [1.54, 1.807) is 17.2 Å². The van der Waals surface area contributed by atoms with E-state index in [1.807, 2.05) is 26.0 Å². The molecule has 4 rings (SSSR count). The molecule has 0 fully saturated rings. The van der Waals surface area contributed by atoms with E-state index in [2.05, 4.69) is 6.07 Å². The zero-order valence-corrected chi connectivity index (χ0v) is 15.7. The summed E-state index contributed by atoms with van der Waals surface area (Å²) in [5.41, 5.74) is 3.47. The SMILES string of the molecule is Cc1ccc(C)c2sc(N(Cc3ccco3)C(=O)c3ccc(F)cc3)nc12. The molecule has 0 aliphatic carbocycles. The summed E-state index contributed by atoms with van der Waals surface area (Å²) in [4.78, 5) is 19.5. The molecule has 0 N–H and O–H groups in total. The molecule has 4 aromatic rings. The van der Waals surface area contributed by atoms with Gasteiger partial charge in [-0.25, -0.2) is 9.37 Å². The maximum Gasteiger partial charge on any atom is 0.260 e. The summed E-state index contributed by atoms with van der Waals surface area (Å²) < 4.78 is 19.7. The number of nitrogens with zero attached hydrogens (tertiary/aromatic N) is 2. The van der Waals surface area contributed by atoms with Crippen LogP contribution in [-0.4, -0.2) is 10.9 Å². The van der Waals surface area contributed by atoms with Crippen LogP contribution in [0.25, 0.3) is 10.2 Å². The Hall–Kier alpha value is -2.99. The summed E-state index contributed by atoms with van der Waals surface area (Å²) in [5, 5.41) is 0.591. The van der Waals surface area contributed by atoms with Crippen LogP contribution in [0.5, 0.6) is 0 Å². The van der Waals surface area contributed by atoms with Crippen molar-refractivity contribution >= 4 is 32.6 Å². The number of thiazole rings is 1. The number of furan rings is 1. The molecule has 4 nitrogen and oxygen atoms in total. The number of carbonyl (C=O) groups is 1. The number of benzene rings is 2. The molecule has 2 heterocycles. The van der Waals surface area contributed by atoms with Gasteiger partial charge >= 0.3 is 0 Å². The minimum atomic E-state index is -0.379. The topological polar surface area (TPSA) is 46.3 Å². The second-order valence-electron chi connectivity index (χ2n) is 6.35. The third-order valence-corrected chi connectivity index (χ3v) is 5.61. The average Bonchev–Trinajstić information content (AvgIpc) is 3.33. The summed E-state index contributed by atoms with van der Waals surface area (Å²) in [6.45, 7) is 4.29. The lowest BCUT2D eigenvalue weighted by Crippen LogP contribution is -2.30. The minimum Gasteiger partial charge on any atom is -0.467 e. The molecule has 0 unspecified atom stereocenters. The van der Waals surface area contributed by atoms with Gasteiger partial charge in [0.05, 0.1) is 23.0 Å². The van der Waals surface area contributed by atoms with E-state index in [4.69, 9.17) is 9.40 Å². The first-order chi connectivity index (χ1) is 13.0. The fourth-order valence-electron chi connectivity index (χ4n) is 2.90. The van der Waals surface area contributed by atoms with E-state index >= 15 is 0 Å². The van der Waals surface area contributed by atoms with E-state index in [9.17, 15) is 9.18 Å². The lowest BCUT2D eigenvalue weighted by atomic mass is 10.1. The molecule has 0 saturated heterocycles. The van der Waals surface area contributed by atoms with Gasteiger partial charge in [0.25, 0.3) is 5.91 Å². The van der Waals surface area contributed by atoms with Gasteiger partial charge in [0.2, 0.25) is 0 Å². The van der Waals surface area contributed by atoms with Crippen molar-refractivity contribution < 1.29 is 13.6 Å². The number of aromatic nitrogens is 1. The zero-order chi connectivity index (χ0) is 19.0. The normalized spacial score (nSPS) is 11.1. The molecule has 6 heteroatoms. The number of hydrogen-bond acceptors (Lipinski definition) is 4. The van der Waals surface area contributed by atoms with Crippen LogP contribution in [0.15, 0.2) is 59.2 Å². The molecule has 27 heavy (non-hydrogen) atoms. The van der Waals surface area contributed by atoms with Crippen molar-refractivity contribution in [1.82, 2.24) is 4.98 Å². The number of hydrogen-bond donors (Lipinski definition) is 0. The Morgan fingerprint density at radius 3 is 2.52 bits per heavy atom. The van der Waals surface area contributed by atoms with Gasteiger partial charge in [0.1, 0.15) is 11.6 Å². The standard InChI is InChI=1S/C21H17FN2O2S/c1-13-5-6-14(2)19-18(13)23-21(27-19)24(12-17-4-3-11-26-17)20(25)15-7-9-16(22)10-8-15/h3-11H,12H2,1-2H3. The predicted octanol–water partition coefficient (Wildman–Crippen LogP) is 5.49. The maximum absolute atomic E-state index is 13.3. The molecule has 0 aliphatic rings. The van der Waals surface area contributed by atoms with Gasteiger partial charge in [-0.1, -0.05) is 23.5 Å². The van der Waals surface area contributed by atoms with E-state index in [1.165, 1.54) is 35.6 Å². The number of anilines is 1. The van der Waals surface area contributed by atoms with Crippen molar-refractivity contribution in [3.63, 3.8) is 0 Å². The van der Waals surface area contributed by atoms with Crippen LogP contribution in [0.4, 0.5) is 9.52 Å². The minimum absolute atomic E-state index is 0.249. The molecular formula is C21H17FN2O2S. The quantitative estimate of drug-likeness (QED) is 0.470. The molecule has 2 aromatic heterocycles. The predicted molar refractivity (Wildman–Crippen MR) is 105 cm³/mol. The molecule has 0 spiro atoms. The third kappa shape index (κ3) is 3.36.